The van der Waals surface area contributed by atoms with E-state index in [1.807, 2.05) is 31.5 Å². The summed E-state index contributed by atoms with van der Waals surface area (Å²) in [6, 6.07) is 3.57. The molecule has 0 aromatic carbocycles. The molecule has 1 aromatic heterocycles. The summed E-state index contributed by atoms with van der Waals surface area (Å²) < 4.78 is 1.78. The second-order valence-corrected chi connectivity index (χ2v) is 8.25. The number of rotatable bonds is 3. The normalized spacial score (nSPS) is 33.3. The third-order valence-corrected chi connectivity index (χ3v) is 6.05. The third-order valence-electron chi connectivity index (χ3n) is 6.05. The number of imide groups is 1. The van der Waals surface area contributed by atoms with Gasteiger partial charge in [-0.2, -0.15) is 4.57 Å². The fourth-order valence-electron chi connectivity index (χ4n) is 5.51. The molecule has 4 aliphatic rings. The van der Waals surface area contributed by atoms with Crippen LogP contribution in [0.25, 0.3) is 0 Å². The fraction of sp³-hybridized carbons (Fsp3) is 0.632. The van der Waals surface area contributed by atoms with Crippen molar-refractivity contribution in [3.63, 3.8) is 0 Å². The van der Waals surface area contributed by atoms with E-state index in [0.717, 1.165) is 42.6 Å². The lowest BCUT2D eigenvalue weighted by molar-refractivity contribution is -0.684. The average Bonchev–Trinajstić information content (AvgIpc) is 2.47. The van der Waals surface area contributed by atoms with Gasteiger partial charge in [-0.05, 0) is 68.8 Å². The molecule has 4 aliphatic carbocycles. The quantitative estimate of drug-likeness (QED) is 0.835. The summed E-state index contributed by atoms with van der Waals surface area (Å²) in [4.78, 5) is 24.4. The molecule has 0 radical (unpaired) electrons. The van der Waals surface area contributed by atoms with Gasteiger partial charge in [0.2, 0.25) is 6.54 Å². The largest absolute Gasteiger partial charge is 0.332 e. The summed E-state index contributed by atoms with van der Waals surface area (Å²) >= 11 is 0. The standard InChI is InChI=1S/C19H25N3O2/c1-13-2-4-22(5-3-13)12-17(23)20-18(24)21-19-9-14-6-15(10-19)8-16(7-14)11-19/h2-5,14-16H,6-12H2,1H3,(H-,20,21,23,24)/p+1. The molecule has 4 saturated carbocycles. The molecule has 4 fully saturated rings. The van der Waals surface area contributed by atoms with Crippen molar-refractivity contribution < 1.29 is 14.2 Å². The number of hydrogen-bond acceptors (Lipinski definition) is 2. The summed E-state index contributed by atoms with van der Waals surface area (Å²) in [7, 11) is 0. The zero-order valence-electron chi connectivity index (χ0n) is 14.3. The minimum absolute atomic E-state index is 0.0594. The summed E-state index contributed by atoms with van der Waals surface area (Å²) in [6.07, 6.45) is 11.0. The van der Waals surface area contributed by atoms with Crippen LogP contribution in [0.5, 0.6) is 0 Å². The number of carbonyl (C=O) groups excluding carboxylic acids is 2. The molecular weight excluding hydrogens is 302 g/mol. The Kier molecular flexibility index (Phi) is 3.82. The molecule has 0 spiro atoms. The second kappa shape index (κ2) is 5.87. The number of amides is 3. The lowest BCUT2D eigenvalue weighted by atomic mass is 9.53. The smallest absolute Gasteiger partial charge is 0.322 e. The van der Waals surface area contributed by atoms with Crippen LogP contribution >= 0.6 is 0 Å². The Morgan fingerprint density at radius 1 is 1.08 bits per heavy atom. The molecule has 4 bridgehead atoms. The van der Waals surface area contributed by atoms with Crippen LogP contribution in [0.1, 0.15) is 44.1 Å². The number of carbonyl (C=O) groups is 2. The van der Waals surface area contributed by atoms with Crippen molar-refractivity contribution >= 4 is 11.9 Å². The molecule has 5 nitrogen and oxygen atoms in total. The van der Waals surface area contributed by atoms with Crippen LogP contribution in [0, 0.1) is 24.7 Å². The maximum Gasteiger partial charge on any atom is 0.322 e. The zero-order chi connectivity index (χ0) is 16.7. The lowest BCUT2D eigenvalue weighted by Crippen LogP contribution is -2.62. The van der Waals surface area contributed by atoms with E-state index in [2.05, 4.69) is 10.6 Å². The van der Waals surface area contributed by atoms with Gasteiger partial charge in [0.15, 0.2) is 12.4 Å². The van der Waals surface area contributed by atoms with Gasteiger partial charge in [-0.25, -0.2) is 4.79 Å². The van der Waals surface area contributed by atoms with E-state index in [4.69, 9.17) is 0 Å². The molecule has 0 aliphatic heterocycles. The Balaban J connectivity index is 1.33. The number of aromatic nitrogens is 1. The first kappa shape index (κ1) is 15.6. The van der Waals surface area contributed by atoms with Crippen molar-refractivity contribution in [3.8, 4) is 0 Å². The van der Waals surface area contributed by atoms with Gasteiger partial charge in [-0.1, -0.05) is 0 Å². The number of nitrogens with one attached hydrogen (secondary N) is 2. The van der Waals surface area contributed by atoms with Gasteiger partial charge < -0.3 is 5.32 Å². The number of urea groups is 1. The van der Waals surface area contributed by atoms with Gasteiger partial charge in [-0.15, -0.1) is 0 Å². The first-order valence-electron chi connectivity index (χ1n) is 9.07. The van der Waals surface area contributed by atoms with Gasteiger partial charge >= 0.3 is 6.03 Å². The number of pyridine rings is 1. The summed E-state index contributed by atoms with van der Waals surface area (Å²) in [5.74, 6) is 2.05. The molecule has 0 unspecified atom stereocenters. The highest BCUT2D eigenvalue weighted by Crippen LogP contribution is 2.55. The molecule has 0 saturated heterocycles. The Hall–Kier alpha value is -1.91. The van der Waals surface area contributed by atoms with Gasteiger partial charge in [-0.3, -0.25) is 10.1 Å². The minimum Gasteiger partial charge on any atom is -0.332 e. The topological polar surface area (TPSA) is 62.1 Å². The van der Waals surface area contributed by atoms with E-state index in [0.29, 0.717) is 0 Å². The molecule has 128 valence electrons. The Bertz CT molecular complexity index is 618. The number of aryl methyl sites for hydroxylation is 1. The first-order valence-corrected chi connectivity index (χ1v) is 9.07. The van der Waals surface area contributed by atoms with Crippen LogP contribution in [0.2, 0.25) is 0 Å². The van der Waals surface area contributed by atoms with Gasteiger partial charge in [0.25, 0.3) is 5.91 Å². The van der Waals surface area contributed by atoms with Crippen LogP contribution in [0.4, 0.5) is 4.79 Å². The van der Waals surface area contributed by atoms with Crippen molar-refractivity contribution in [3.05, 3.63) is 30.1 Å². The van der Waals surface area contributed by atoms with Crippen molar-refractivity contribution in [2.24, 2.45) is 17.8 Å². The molecule has 5 heteroatoms. The predicted molar refractivity (Wildman–Crippen MR) is 89.0 cm³/mol. The highest BCUT2D eigenvalue weighted by Gasteiger charge is 2.51. The monoisotopic (exact) mass is 328 g/mol. The highest BCUT2D eigenvalue weighted by molar-refractivity contribution is 5.93. The van der Waals surface area contributed by atoms with Crippen LogP contribution in [-0.2, 0) is 11.3 Å². The predicted octanol–water partition coefficient (Wildman–Crippen LogP) is 2.08. The van der Waals surface area contributed by atoms with E-state index in [-0.39, 0.29) is 24.0 Å². The van der Waals surface area contributed by atoms with Crippen LogP contribution < -0.4 is 15.2 Å². The van der Waals surface area contributed by atoms with Gasteiger partial charge in [0, 0.05) is 17.7 Å². The minimum atomic E-state index is -0.324. The molecule has 0 atom stereocenters. The van der Waals surface area contributed by atoms with E-state index < -0.39 is 0 Å². The van der Waals surface area contributed by atoms with Crippen LogP contribution in [0.15, 0.2) is 24.5 Å². The van der Waals surface area contributed by atoms with E-state index >= 15 is 0 Å². The van der Waals surface area contributed by atoms with Crippen molar-refractivity contribution in [2.45, 2.75) is 57.5 Å². The highest BCUT2D eigenvalue weighted by atomic mass is 16.2. The summed E-state index contributed by atoms with van der Waals surface area (Å²) in [6.45, 7) is 2.16. The summed E-state index contributed by atoms with van der Waals surface area (Å²) in [5.41, 5.74) is 1.09. The molecule has 2 N–H and O–H groups in total. The van der Waals surface area contributed by atoms with E-state index in [1.54, 1.807) is 4.57 Å². The van der Waals surface area contributed by atoms with Crippen molar-refractivity contribution in [1.82, 2.24) is 10.6 Å². The van der Waals surface area contributed by atoms with Gasteiger partial charge in [0.05, 0.1) is 0 Å². The summed E-state index contributed by atoms with van der Waals surface area (Å²) in [5, 5.41) is 5.68. The van der Waals surface area contributed by atoms with Crippen molar-refractivity contribution in [1.29, 1.82) is 0 Å². The SMILES string of the molecule is Cc1cc[n+](CC(=O)NC(=O)NC23CC4CC(CC(C4)C2)C3)cc1. The number of nitrogens with zero attached hydrogens (tertiary/aromatic N) is 1. The fourth-order valence-corrected chi connectivity index (χ4v) is 5.51. The van der Waals surface area contributed by atoms with Gasteiger partial charge in [0.1, 0.15) is 0 Å². The molecule has 1 aromatic rings. The molecule has 24 heavy (non-hydrogen) atoms. The van der Waals surface area contributed by atoms with Crippen molar-refractivity contribution in [2.75, 3.05) is 0 Å². The Labute approximate surface area is 142 Å². The Morgan fingerprint density at radius 3 is 2.17 bits per heavy atom. The zero-order valence-corrected chi connectivity index (χ0v) is 14.3. The molecule has 1 heterocycles. The van der Waals surface area contributed by atoms with Crippen LogP contribution in [0.3, 0.4) is 0 Å². The molecular formula is C19H26N3O2+. The molecule has 5 rings (SSSR count). The lowest BCUT2D eigenvalue weighted by Gasteiger charge is -2.56. The molecule has 3 amide bonds. The average molecular weight is 328 g/mol. The maximum absolute atomic E-state index is 12.3. The maximum atomic E-state index is 12.3. The van der Waals surface area contributed by atoms with E-state index in [1.165, 1.54) is 19.3 Å². The third kappa shape index (κ3) is 3.17. The Morgan fingerprint density at radius 2 is 1.62 bits per heavy atom. The first-order chi connectivity index (χ1) is 11.5. The van der Waals surface area contributed by atoms with E-state index in [9.17, 15) is 9.59 Å². The number of hydrogen-bond donors (Lipinski definition) is 2. The van der Waals surface area contributed by atoms with Crippen LogP contribution in [-0.4, -0.2) is 17.5 Å². The second-order valence-electron chi connectivity index (χ2n) is 8.25.